The summed E-state index contributed by atoms with van der Waals surface area (Å²) in [7, 11) is 0. The molecule has 3 unspecified atom stereocenters. The van der Waals surface area contributed by atoms with Crippen LogP contribution in [0, 0.1) is 17.8 Å². The minimum Gasteiger partial charge on any atom is -0.351 e. The highest BCUT2D eigenvalue weighted by atomic mass is 79.9. The second-order valence-electron chi connectivity index (χ2n) is 9.35. The zero-order valence-electron chi connectivity index (χ0n) is 19.0. The smallest absolute Gasteiger partial charge is 0.267 e. The van der Waals surface area contributed by atoms with Crippen LogP contribution in [0.5, 0.6) is 0 Å². The first-order valence-electron chi connectivity index (χ1n) is 11.7. The minimum absolute atomic E-state index is 0.0965. The van der Waals surface area contributed by atoms with Gasteiger partial charge < -0.3 is 5.32 Å². The molecule has 1 saturated carbocycles. The predicted octanol–water partition coefficient (Wildman–Crippen LogP) is 7.64. The number of hydrazone groups is 1. The fraction of sp³-hybridized carbons (Fsp3) is 0.462. The summed E-state index contributed by atoms with van der Waals surface area (Å²) >= 11 is 16.1. The van der Waals surface area contributed by atoms with Gasteiger partial charge in [-0.3, -0.25) is 9.80 Å². The predicted molar refractivity (Wildman–Crippen MR) is 141 cm³/mol. The van der Waals surface area contributed by atoms with Crippen molar-refractivity contribution in [1.29, 1.82) is 0 Å². The van der Waals surface area contributed by atoms with Crippen molar-refractivity contribution in [2.24, 2.45) is 22.9 Å². The lowest BCUT2D eigenvalue weighted by atomic mass is 9.72. The van der Waals surface area contributed by atoms with E-state index in [4.69, 9.17) is 28.3 Å². The summed E-state index contributed by atoms with van der Waals surface area (Å²) in [6, 6.07) is 13.3. The van der Waals surface area contributed by atoms with Gasteiger partial charge in [-0.15, -0.1) is 0 Å². The van der Waals surface area contributed by atoms with E-state index in [2.05, 4.69) is 35.1 Å². The largest absolute Gasteiger partial charge is 0.351 e. The topological polar surface area (TPSA) is 44.7 Å². The first-order chi connectivity index (χ1) is 15.8. The molecule has 176 valence electrons. The SMILES string of the molecule is CC1CCCC(C)C1CCNC(=O)C1=NN(c2ccc(Cl)cc2Cl)C(c2ccc(Br)cc2)C1. The molecule has 2 aromatic rings. The van der Waals surface area contributed by atoms with Gasteiger partial charge in [0.2, 0.25) is 0 Å². The van der Waals surface area contributed by atoms with Gasteiger partial charge in [0.1, 0.15) is 5.71 Å². The number of carbonyl (C=O) groups is 1. The summed E-state index contributed by atoms with van der Waals surface area (Å²) in [5.41, 5.74) is 2.33. The number of benzene rings is 2. The molecule has 0 spiro atoms. The Morgan fingerprint density at radius 2 is 1.82 bits per heavy atom. The summed E-state index contributed by atoms with van der Waals surface area (Å²) in [5, 5.41) is 10.8. The highest BCUT2D eigenvalue weighted by Gasteiger charge is 2.34. The highest BCUT2D eigenvalue weighted by molar-refractivity contribution is 9.10. The lowest BCUT2D eigenvalue weighted by Crippen LogP contribution is -2.34. The summed E-state index contributed by atoms with van der Waals surface area (Å²) in [6.45, 7) is 5.38. The summed E-state index contributed by atoms with van der Waals surface area (Å²) in [4.78, 5) is 13.1. The molecule has 0 bridgehead atoms. The molecule has 33 heavy (non-hydrogen) atoms. The van der Waals surface area contributed by atoms with E-state index >= 15 is 0 Å². The molecule has 1 aliphatic heterocycles. The van der Waals surface area contributed by atoms with E-state index in [0.29, 0.717) is 34.6 Å². The van der Waals surface area contributed by atoms with Crippen molar-refractivity contribution in [3.8, 4) is 0 Å². The molecule has 1 fully saturated rings. The normalized spacial score (nSPS) is 25.1. The quantitative estimate of drug-likeness (QED) is 0.401. The second kappa shape index (κ2) is 10.8. The number of rotatable bonds is 6. The number of halogens is 3. The molecule has 7 heteroatoms. The molecule has 4 nitrogen and oxygen atoms in total. The number of carbonyl (C=O) groups excluding carboxylic acids is 1. The van der Waals surface area contributed by atoms with Crippen LogP contribution < -0.4 is 10.3 Å². The van der Waals surface area contributed by atoms with E-state index in [1.54, 1.807) is 12.1 Å². The fourth-order valence-electron chi connectivity index (χ4n) is 5.26. The molecule has 1 amide bonds. The molecule has 2 aromatic carbocycles. The molecule has 2 aliphatic rings. The zero-order valence-corrected chi connectivity index (χ0v) is 22.1. The maximum Gasteiger partial charge on any atom is 0.267 e. The van der Waals surface area contributed by atoms with Crippen LogP contribution >= 0.6 is 39.1 Å². The fourth-order valence-corrected chi connectivity index (χ4v) is 6.01. The summed E-state index contributed by atoms with van der Waals surface area (Å²) in [5.74, 6) is 2.02. The Labute approximate surface area is 214 Å². The maximum absolute atomic E-state index is 13.1. The Bertz CT molecular complexity index is 1020. The van der Waals surface area contributed by atoms with E-state index in [1.807, 2.05) is 35.3 Å². The Balaban J connectivity index is 1.50. The monoisotopic (exact) mass is 549 g/mol. The van der Waals surface area contributed by atoms with Crippen LogP contribution in [0.3, 0.4) is 0 Å². The number of hydrogen-bond acceptors (Lipinski definition) is 3. The molecule has 3 atom stereocenters. The highest BCUT2D eigenvalue weighted by Crippen LogP contribution is 2.40. The Morgan fingerprint density at radius 1 is 1.12 bits per heavy atom. The Hall–Kier alpha value is -1.56. The van der Waals surface area contributed by atoms with Crippen molar-refractivity contribution >= 4 is 56.4 Å². The standard InChI is InChI=1S/C26H30BrCl2N3O/c1-16-4-3-5-17(2)21(16)12-13-30-26(33)23-15-25(18-6-8-19(27)9-7-18)32(31-23)24-11-10-20(28)14-22(24)29/h6-11,14,16-17,21,25H,3-5,12-13,15H2,1-2H3,(H,30,33). The van der Waals surface area contributed by atoms with E-state index in [-0.39, 0.29) is 11.9 Å². The molecule has 1 heterocycles. The van der Waals surface area contributed by atoms with E-state index in [9.17, 15) is 4.79 Å². The average Bonchev–Trinajstić information content (AvgIpc) is 3.21. The van der Waals surface area contributed by atoms with Gasteiger partial charge in [-0.1, -0.05) is 84.4 Å². The van der Waals surface area contributed by atoms with Gasteiger partial charge in [-0.2, -0.15) is 5.10 Å². The van der Waals surface area contributed by atoms with Gasteiger partial charge in [-0.05, 0) is 60.1 Å². The van der Waals surface area contributed by atoms with Gasteiger partial charge in [0.05, 0.1) is 16.8 Å². The van der Waals surface area contributed by atoms with Crippen LogP contribution in [0.2, 0.25) is 10.0 Å². The molecule has 0 aromatic heterocycles. The minimum atomic E-state index is -0.115. The van der Waals surface area contributed by atoms with Crippen LogP contribution in [0.1, 0.15) is 57.6 Å². The first kappa shape index (κ1) is 24.6. The van der Waals surface area contributed by atoms with E-state index < -0.39 is 0 Å². The number of amides is 1. The van der Waals surface area contributed by atoms with Gasteiger partial charge in [-0.25, -0.2) is 0 Å². The Kier molecular flexibility index (Phi) is 8.03. The zero-order chi connectivity index (χ0) is 23.5. The number of anilines is 1. The van der Waals surface area contributed by atoms with Crippen LogP contribution in [0.15, 0.2) is 52.0 Å². The lowest BCUT2D eigenvalue weighted by Gasteiger charge is -2.34. The molecule has 1 aliphatic carbocycles. The summed E-state index contributed by atoms with van der Waals surface area (Å²) in [6.07, 6.45) is 5.44. The van der Waals surface area contributed by atoms with Crippen LogP contribution in [-0.4, -0.2) is 18.2 Å². The van der Waals surface area contributed by atoms with E-state index in [1.165, 1.54) is 19.3 Å². The average molecular weight is 551 g/mol. The molecular weight excluding hydrogens is 521 g/mol. The number of nitrogens with zero attached hydrogens (tertiary/aromatic N) is 2. The summed E-state index contributed by atoms with van der Waals surface area (Å²) < 4.78 is 1.00. The molecule has 4 rings (SSSR count). The lowest BCUT2D eigenvalue weighted by molar-refractivity contribution is -0.115. The first-order valence-corrected chi connectivity index (χ1v) is 13.2. The van der Waals surface area contributed by atoms with Crippen molar-refractivity contribution < 1.29 is 4.79 Å². The van der Waals surface area contributed by atoms with Crippen molar-refractivity contribution in [3.05, 3.63) is 62.5 Å². The third-order valence-corrected chi connectivity index (χ3v) is 8.19. The van der Waals surface area contributed by atoms with Crippen molar-refractivity contribution in [3.63, 3.8) is 0 Å². The third-order valence-electron chi connectivity index (χ3n) is 7.13. The second-order valence-corrected chi connectivity index (χ2v) is 11.1. The van der Waals surface area contributed by atoms with Crippen LogP contribution in [0.25, 0.3) is 0 Å². The van der Waals surface area contributed by atoms with Gasteiger partial charge in [0, 0.05) is 22.5 Å². The number of hydrogen-bond donors (Lipinski definition) is 1. The van der Waals surface area contributed by atoms with Gasteiger partial charge in [0.15, 0.2) is 0 Å². The van der Waals surface area contributed by atoms with Crippen molar-refractivity contribution in [2.45, 2.75) is 52.0 Å². The van der Waals surface area contributed by atoms with Crippen LogP contribution in [-0.2, 0) is 4.79 Å². The molecule has 0 radical (unpaired) electrons. The maximum atomic E-state index is 13.1. The third kappa shape index (κ3) is 5.75. The van der Waals surface area contributed by atoms with Gasteiger partial charge in [0.25, 0.3) is 5.91 Å². The van der Waals surface area contributed by atoms with Crippen molar-refractivity contribution in [1.82, 2.24) is 5.32 Å². The van der Waals surface area contributed by atoms with Crippen LogP contribution in [0.4, 0.5) is 5.69 Å². The molecule has 0 saturated heterocycles. The van der Waals surface area contributed by atoms with Gasteiger partial charge >= 0.3 is 0 Å². The number of nitrogens with one attached hydrogen (secondary N) is 1. The van der Waals surface area contributed by atoms with E-state index in [0.717, 1.165) is 34.0 Å². The van der Waals surface area contributed by atoms with Crippen molar-refractivity contribution in [2.75, 3.05) is 11.6 Å². The Morgan fingerprint density at radius 3 is 2.48 bits per heavy atom. The molecule has 1 N–H and O–H groups in total. The molecular formula is C26H30BrCl2N3O.